The highest BCUT2D eigenvalue weighted by molar-refractivity contribution is 9.10. The molecule has 0 saturated carbocycles. The minimum atomic E-state index is 0.660. The van der Waals surface area contributed by atoms with Gasteiger partial charge in [-0.3, -0.25) is 4.90 Å². The molecule has 0 spiro atoms. The molecular formula is C14H21BrN2. The normalized spacial score (nSPS) is 22.4. The Morgan fingerprint density at radius 1 is 1.35 bits per heavy atom. The van der Waals surface area contributed by atoms with Gasteiger partial charge in [0.25, 0.3) is 0 Å². The molecule has 1 heterocycles. The van der Waals surface area contributed by atoms with Gasteiger partial charge in [-0.25, -0.2) is 0 Å². The SMILES string of the molecule is CCC1CN(Cc2ccc(Br)cc2)CCCN1. The summed E-state index contributed by atoms with van der Waals surface area (Å²) in [6.07, 6.45) is 2.48. The maximum Gasteiger partial charge on any atom is 0.0234 e. The van der Waals surface area contributed by atoms with Crippen molar-refractivity contribution < 1.29 is 0 Å². The second-order valence-electron chi connectivity index (χ2n) is 4.77. The van der Waals surface area contributed by atoms with Gasteiger partial charge in [0.05, 0.1) is 0 Å². The molecule has 0 bridgehead atoms. The predicted octanol–water partition coefficient (Wildman–Crippen LogP) is 3.02. The molecule has 1 saturated heterocycles. The molecule has 0 radical (unpaired) electrons. The van der Waals surface area contributed by atoms with Crippen molar-refractivity contribution in [2.24, 2.45) is 0 Å². The summed E-state index contributed by atoms with van der Waals surface area (Å²) in [4.78, 5) is 2.57. The second-order valence-corrected chi connectivity index (χ2v) is 5.69. The van der Waals surface area contributed by atoms with E-state index in [4.69, 9.17) is 0 Å². The van der Waals surface area contributed by atoms with Gasteiger partial charge < -0.3 is 5.32 Å². The van der Waals surface area contributed by atoms with Crippen LogP contribution in [-0.4, -0.2) is 30.6 Å². The second kappa shape index (κ2) is 6.53. The van der Waals surface area contributed by atoms with Gasteiger partial charge in [-0.15, -0.1) is 0 Å². The number of benzene rings is 1. The predicted molar refractivity (Wildman–Crippen MR) is 76.1 cm³/mol. The van der Waals surface area contributed by atoms with Gasteiger partial charge in [0, 0.05) is 23.6 Å². The first-order chi connectivity index (χ1) is 8.28. The van der Waals surface area contributed by atoms with Crippen molar-refractivity contribution in [1.82, 2.24) is 10.2 Å². The molecule has 1 aromatic carbocycles. The van der Waals surface area contributed by atoms with Gasteiger partial charge >= 0.3 is 0 Å². The zero-order chi connectivity index (χ0) is 12.1. The van der Waals surface area contributed by atoms with Gasteiger partial charge in [0.15, 0.2) is 0 Å². The molecule has 0 aromatic heterocycles. The van der Waals surface area contributed by atoms with Crippen LogP contribution in [0.1, 0.15) is 25.3 Å². The van der Waals surface area contributed by atoms with Crippen LogP contribution in [-0.2, 0) is 6.54 Å². The Morgan fingerprint density at radius 2 is 2.12 bits per heavy atom. The van der Waals surface area contributed by atoms with Gasteiger partial charge in [0.2, 0.25) is 0 Å². The van der Waals surface area contributed by atoms with Crippen molar-refractivity contribution in [3.63, 3.8) is 0 Å². The van der Waals surface area contributed by atoms with Crippen LogP contribution in [0.2, 0.25) is 0 Å². The van der Waals surface area contributed by atoms with Crippen molar-refractivity contribution in [2.45, 2.75) is 32.4 Å². The fourth-order valence-corrected chi connectivity index (χ4v) is 2.61. The molecule has 94 valence electrons. The summed E-state index contributed by atoms with van der Waals surface area (Å²) in [6.45, 7) is 6.88. The molecule has 17 heavy (non-hydrogen) atoms. The highest BCUT2D eigenvalue weighted by Gasteiger charge is 2.15. The standard InChI is InChI=1S/C14H21BrN2/c1-2-14-11-17(9-3-8-16-14)10-12-4-6-13(15)7-5-12/h4-7,14,16H,2-3,8-11H2,1H3. The van der Waals surface area contributed by atoms with Gasteiger partial charge in [-0.2, -0.15) is 0 Å². The summed E-state index contributed by atoms with van der Waals surface area (Å²) in [5.74, 6) is 0. The van der Waals surface area contributed by atoms with Crippen LogP contribution < -0.4 is 5.32 Å². The van der Waals surface area contributed by atoms with Crippen molar-refractivity contribution in [3.05, 3.63) is 34.3 Å². The van der Waals surface area contributed by atoms with E-state index in [-0.39, 0.29) is 0 Å². The van der Waals surface area contributed by atoms with E-state index in [0.717, 1.165) is 17.6 Å². The first kappa shape index (κ1) is 13.1. The Kier molecular flexibility index (Phi) is 5.01. The van der Waals surface area contributed by atoms with E-state index in [1.165, 1.54) is 31.5 Å². The van der Waals surface area contributed by atoms with Crippen LogP contribution in [0.25, 0.3) is 0 Å². The monoisotopic (exact) mass is 296 g/mol. The Balaban J connectivity index is 1.94. The minimum Gasteiger partial charge on any atom is -0.313 e. The fraction of sp³-hybridized carbons (Fsp3) is 0.571. The van der Waals surface area contributed by atoms with Crippen LogP contribution in [0.4, 0.5) is 0 Å². The molecule has 0 amide bonds. The molecule has 1 fully saturated rings. The minimum absolute atomic E-state index is 0.660. The average molecular weight is 297 g/mol. The maximum absolute atomic E-state index is 3.61. The highest BCUT2D eigenvalue weighted by atomic mass is 79.9. The molecule has 1 aliphatic heterocycles. The van der Waals surface area contributed by atoms with Crippen LogP contribution >= 0.6 is 15.9 Å². The summed E-state index contributed by atoms with van der Waals surface area (Å²) < 4.78 is 1.16. The van der Waals surface area contributed by atoms with E-state index in [0.29, 0.717) is 6.04 Å². The topological polar surface area (TPSA) is 15.3 Å². The third kappa shape index (κ3) is 4.09. The first-order valence-electron chi connectivity index (χ1n) is 6.48. The molecule has 2 rings (SSSR count). The zero-order valence-electron chi connectivity index (χ0n) is 10.5. The smallest absolute Gasteiger partial charge is 0.0234 e. The third-order valence-corrected chi connectivity index (χ3v) is 3.90. The number of halogens is 1. The quantitative estimate of drug-likeness (QED) is 0.922. The number of hydrogen-bond donors (Lipinski definition) is 1. The number of nitrogens with zero attached hydrogens (tertiary/aromatic N) is 1. The molecular weight excluding hydrogens is 276 g/mol. The lowest BCUT2D eigenvalue weighted by Gasteiger charge is -2.23. The molecule has 1 aromatic rings. The van der Waals surface area contributed by atoms with E-state index < -0.39 is 0 Å². The fourth-order valence-electron chi connectivity index (χ4n) is 2.34. The average Bonchev–Trinajstić information content (AvgIpc) is 2.57. The lowest BCUT2D eigenvalue weighted by molar-refractivity contribution is 0.257. The Bertz CT molecular complexity index is 337. The van der Waals surface area contributed by atoms with Crippen molar-refractivity contribution in [2.75, 3.05) is 19.6 Å². The molecule has 3 heteroatoms. The lowest BCUT2D eigenvalue weighted by atomic mass is 10.2. The first-order valence-corrected chi connectivity index (χ1v) is 7.27. The number of rotatable bonds is 3. The van der Waals surface area contributed by atoms with Crippen molar-refractivity contribution in [3.8, 4) is 0 Å². The molecule has 2 nitrogen and oxygen atoms in total. The van der Waals surface area contributed by atoms with Gasteiger partial charge in [0.1, 0.15) is 0 Å². The molecule has 1 aliphatic rings. The number of hydrogen-bond acceptors (Lipinski definition) is 2. The van der Waals surface area contributed by atoms with E-state index in [1.807, 2.05) is 0 Å². The highest BCUT2D eigenvalue weighted by Crippen LogP contribution is 2.13. The van der Waals surface area contributed by atoms with Crippen molar-refractivity contribution >= 4 is 15.9 Å². The Labute approximate surface area is 113 Å². The summed E-state index contributed by atoms with van der Waals surface area (Å²) in [6, 6.07) is 9.34. The van der Waals surface area contributed by atoms with Crippen LogP contribution in [0, 0.1) is 0 Å². The van der Waals surface area contributed by atoms with Gasteiger partial charge in [-0.05, 0) is 43.6 Å². The zero-order valence-corrected chi connectivity index (χ0v) is 12.0. The Hall–Kier alpha value is -0.380. The van der Waals surface area contributed by atoms with Crippen LogP contribution in [0.3, 0.4) is 0 Å². The number of nitrogens with one attached hydrogen (secondary N) is 1. The van der Waals surface area contributed by atoms with Crippen LogP contribution in [0.15, 0.2) is 28.7 Å². The summed E-state index contributed by atoms with van der Waals surface area (Å²) in [5.41, 5.74) is 1.41. The largest absolute Gasteiger partial charge is 0.313 e. The maximum atomic E-state index is 3.61. The summed E-state index contributed by atoms with van der Waals surface area (Å²) >= 11 is 3.48. The van der Waals surface area contributed by atoms with Crippen LogP contribution in [0.5, 0.6) is 0 Å². The lowest BCUT2D eigenvalue weighted by Crippen LogP contribution is -2.36. The Morgan fingerprint density at radius 3 is 2.82 bits per heavy atom. The van der Waals surface area contributed by atoms with E-state index in [2.05, 4.69) is 57.3 Å². The van der Waals surface area contributed by atoms with E-state index in [9.17, 15) is 0 Å². The molecule has 0 aliphatic carbocycles. The summed E-state index contributed by atoms with van der Waals surface area (Å²) in [5, 5.41) is 3.61. The van der Waals surface area contributed by atoms with Crippen molar-refractivity contribution in [1.29, 1.82) is 0 Å². The van der Waals surface area contributed by atoms with E-state index in [1.54, 1.807) is 0 Å². The molecule has 1 atom stereocenters. The van der Waals surface area contributed by atoms with Gasteiger partial charge in [-0.1, -0.05) is 35.0 Å². The van der Waals surface area contributed by atoms with E-state index >= 15 is 0 Å². The third-order valence-electron chi connectivity index (χ3n) is 3.37. The molecule has 1 unspecified atom stereocenters. The summed E-state index contributed by atoms with van der Waals surface area (Å²) in [7, 11) is 0. The molecule has 1 N–H and O–H groups in total.